The van der Waals surface area contributed by atoms with E-state index in [4.69, 9.17) is 18.9 Å². The van der Waals surface area contributed by atoms with Crippen molar-refractivity contribution in [2.45, 2.75) is 117 Å². The molecule has 2 saturated carbocycles. The molecule has 2 fully saturated rings. The van der Waals surface area contributed by atoms with Gasteiger partial charge in [0, 0.05) is 36.9 Å². The highest BCUT2D eigenvalue weighted by Gasteiger charge is 2.31. The highest BCUT2D eigenvalue weighted by Crippen LogP contribution is 2.43. The van der Waals surface area contributed by atoms with Crippen LogP contribution in [0.3, 0.4) is 0 Å². The normalized spacial score (nSPS) is 14.1. The first-order chi connectivity index (χ1) is 31.8. The molecule has 0 aliphatic heterocycles. The molecular formula is C50H60N6O10. The van der Waals surface area contributed by atoms with E-state index >= 15 is 0 Å². The maximum Gasteiger partial charge on any atom is 0.323 e. The van der Waals surface area contributed by atoms with E-state index in [0.717, 1.165) is 70.2 Å². The van der Waals surface area contributed by atoms with Crippen LogP contribution in [0.2, 0.25) is 0 Å². The number of amides is 2. The lowest BCUT2D eigenvalue weighted by atomic mass is 9.94. The Morgan fingerprint density at radius 3 is 1.30 bits per heavy atom. The fraction of sp³-hybridized carbons (Fsp3) is 0.440. The van der Waals surface area contributed by atoms with Crippen LogP contribution in [0.5, 0.6) is 0 Å². The Labute approximate surface area is 385 Å². The Balaban J connectivity index is 1.14. The summed E-state index contributed by atoms with van der Waals surface area (Å²) >= 11 is 0. The van der Waals surface area contributed by atoms with Gasteiger partial charge < -0.3 is 29.6 Å². The molecule has 2 atom stereocenters. The predicted octanol–water partition coefficient (Wildman–Crippen LogP) is 6.97. The van der Waals surface area contributed by atoms with E-state index in [1.54, 1.807) is 52.2 Å². The zero-order valence-electron chi connectivity index (χ0n) is 38.5. The summed E-state index contributed by atoms with van der Waals surface area (Å²) in [6.45, 7) is 11.9. The minimum absolute atomic E-state index is 0.173. The fourth-order valence-electron chi connectivity index (χ4n) is 7.79. The molecule has 350 valence electrons. The molecule has 16 nitrogen and oxygen atoms in total. The van der Waals surface area contributed by atoms with Gasteiger partial charge in [0.15, 0.2) is 0 Å². The van der Waals surface area contributed by atoms with Gasteiger partial charge in [-0.15, -0.1) is 0 Å². The third-order valence-corrected chi connectivity index (χ3v) is 11.6. The number of ether oxygens (including phenoxy) is 4. The van der Waals surface area contributed by atoms with Crippen LogP contribution in [0.4, 0.5) is 11.4 Å². The Kier molecular flexibility index (Phi) is 17.1. The van der Waals surface area contributed by atoms with Crippen molar-refractivity contribution < 1.29 is 47.7 Å². The smallest absolute Gasteiger partial charge is 0.323 e. The minimum Gasteiger partial charge on any atom is -0.466 e. The average molecular weight is 905 g/mol. The van der Waals surface area contributed by atoms with E-state index in [1.165, 1.54) is 0 Å². The first-order valence-electron chi connectivity index (χ1n) is 22.8. The van der Waals surface area contributed by atoms with Crippen LogP contribution in [0.15, 0.2) is 60.9 Å². The number of nitrogens with zero attached hydrogens (tertiary/aromatic N) is 2. The van der Waals surface area contributed by atoms with Gasteiger partial charge in [0.1, 0.15) is 23.5 Å². The molecule has 16 heteroatoms. The molecular weight excluding hydrogens is 845 g/mol. The third kappa shape index (κ3) is 12.8. The Morgan fingerprint density at radius 1 is 0.576 bits per heavy atom. The maximum atomic E-state index is 13.8. The van der Waals surface area contributed by atoms with Gasteiger partial charge in [-0.2, -0.15) is 0 Å². The van der Waals surface area contributed by atoms with E-state index in [9.17, 15) is 28.8 Å². The quantitative estimate of drug-likeness (QED) is 0.0438. The molecule has 4 aromatic rings. The number of hydrogen-bond acceptors (Lipinski definition) is 14. The zero-order chi connectivity index (χ0) is 47.3. The number of esters is 4. The summed E-state index contributed by atoms with van der Waals surface area (Å²) in [4.78, 5) is 86.4. The molecule has 6 rings (SSSR count). The average Bonchev–Trinajstić information content (AvgIpc) is 4.24. The molecule has 0 bridgehead atoms. The van der Waals surface area contributed by atoms with E-state index in [0.29, 0.717) is 11.4 Å². The Morgan fingerprint density at radius 2 is 0.955 bits per heavy atom. The van der Waals surface area contributed by atoms with Crippen molar-refractivity contribution in [2.75, 3.05) is 37.1 Å². The molecule has 2 aromatic carbocycles. The van der Waals surface area contributed by atoms with Gasteiger partial charge >= 0.3 is 23.9 Å². The second kappa shape index (κ2) is 23.1. The Bertz CT molecular complexity index is 2260. The van der Waals surface area contributed by atoms with Crippen LogP contribution >= 0.6 is 0 Å². The number of carbonyl (C=O) groups excluding carboxylic acids is 6. The summed E-state index contributed by atoms with van der Waals surface area (Å²) in [7, 11) is 0. The van der Waals surface area contributed by atoms with Crippen LogP contribution in [-0.2, 0) is 51.2 Å². The van der Waals surface area contributed by atoms with Crippen LogP contribution in [0, 0.1) is 13.8 Å². The summed E-state index contributed by atoms with van der Waals surface area (Å²) in [5, 5.41) is 12.4. The largest absolute Gasteiger partial charge is 0.466 e. The van der Waals surface area contributed by atoms with Crippen LogP contribution in [0.1, 0.15) is 132 Å². The Hall–Kier alpha value is -6.52. The SMILES string of the molecule is CCOC(=O)C[C@@H](NCc1cnc(C(=O)Nc2cccc(-c3cccc(NC(=O)c4cc(C5CC5)c(CN[C@H](CC(=O)OCC)C(=O)OCC)cn4)c3C)c2C)cc1C1CC1)C(=O)OCC. The third-order valence-electron chi connectivity index (χ3n) is 11.6. The zero-order valence-corrected chi connectivity index (χ0v) is 38.5. The van der Waals surface area contributed by atoms with Gasteiger partial charge in [-0.3, -0.25) is 49.4 Å². The van der Waals surface area contributed by atoms with Crippen molar-refractivity contribution in [3.05, 3.63) is 106 Å². The molecule has 2 aliphatic carbocycles. The van der Waals surface area contributed by atoms with Crippen molar-refractivity contribution in [3.8, 4) is 11.1 Å². The molecule has 0 radical (unpaired) electrons. The number of pyridine rings is 2. The van der Waals surface area contributed by atoms with Gasteiger partial charge in [0.25, 0.3) is 11.8 Å². The summed E-state index contributed by atoms with van der Waals surface area (Å²) in [6, 6.07) is 13.1. The number of anilines is 2. The molecule has 2 aliphatic rings. The summed E-state index contributed by atoms with van der Waals surface area (Å²) in [6.07, 6.45) is 6.79. The number of hydrogen-bond donors (Lipinski definition) is 4. The summed E-state index contributed by atoms with van der Waals surface area (Å²) < 4.78 is 20.5. The van der Waals surface area contributed by atoms with Gasteiger partial charge in [0.2, 0.25) is 0 Å². The molecule has 4 N–H and O–H groups in total. The van der Waals surface area contributed by atoms with Crippen molar-refractivity contribution in [2.24, 2.45) is 0 Å². The van der Waals surface area contributed by atoms with Gasteiger partial charge in [-0.05, 0) is 148 Å². The molecule has 2 amide bonds. The number of carbonyl (C=O) groups is 6. The molecule has 0 saturated heterocycles. The van der Waals surface area contributed by atoms with E-state index in [1.807, 2.05) is 50.2 Å². The van der Waals surface area contributed by atoms with Crippen LogP contribution in [0.25, 0.3) is 11.1 Å². The van der Waals surface area contributed by atoms with Gasteiger partial charge in [0.05, 0.1) is 39.3 Å². The lowest BCUT2D eigenvalue weighted by molar-refractivity contribution is -0.152. The fourth-order valence-corrected chi connectivity index (χ4v) is 7.79. The molecule has 2 heterocycles. The van der Waals surface area contributed by atoms with Gasteiger partial charge in [-0.1, -0.05) is 24.3 Å². The first-order valence-corrected chi connectivity index (χ1v) is 22.8. The standard InChI is InChI=1S/C50H60N6O10/c1-7-63-45(57)23-43(49(61)65-9-3)53-27-33-25-51-41(21-37(33)31-17-18-31)47(59)55-39-15-11-13-35(29(39)5)36-14-12-16-40(30(36)6)56-48(60)42-22-38(32-19-20-32)34(26-52-42)28-54-44(50(62)66-10-4)24-46(58)64-8-2/h11-16,21-22,25-26,31-32,43-44,53-54H,7-10,17-20,23-24,27-28H2,1-6H3,(H,55,59)(H,56,60)/t43-,44-/m1/s1. The topological polar surface area (TPSA) is 213 Å². The van der Waals surface area contributed by atoms with Crippen LogP contribution < -0.4 is 21.3 Å². The van der Waals surface area contributed by atoms with Crippen molar-refractivity contribution in [3.63, 3.8) is 0 Å². The molecule has 0 spiro atoms. The molecule has 0 unspecified atom stereocenters. The number of rotatable bonds is 23. The highest BCUT2D eigenvalue weighted by atomic mass is 16.5. The van der Waals surface area contributed by atoms with E-state index < -0.39 is 36.0 Å². The predicted molar refractivity (Wildman–Crippen MR) is 247 cm³/mol. The molecule has 2 aromatic heterocycles. The van der Waals surface area contributed by atoms with Crippen LogP contribution in [-0.4, -0.2) is 84.2 Å². The number of aromatic nitrogens is 2. The second-order valence-corrected chi connectivity index (χ2v) is 16.3. The minimum atomic E-state index is -0.897. The molecule has 66 heavy (non-hydrogen) atoms. The van der Waals surface area contributed by atoms with Crippen molar-refractivity contribution >= 4 is 47.1 Å². The number of benzene rings is 2. The first kappa shape index (κ1) is 48.9. The van der Waals surface area contributed by atoms with Crippen molar-refractivity contribution in [1.82, 2.24) is 20.6 Å². The number of nitrogens with one attached hydrogen (secondary N) is 4. The summed E-state index contributed by atoms with van der Waals surface area (Å²) in [5.41, 5.74) is 8.63. The highest BCUT2D eigenvalue weighted by molar-refractivity contribution is 6.05. The summed E-state index contributed by atoms with van der Waals surface area (Å²) in [5.74, 6) is -2.35. The van der Waals surface area contributed by atoms with Crippen molar-refractivity contribution in [1.29, 1.82) is 0 Å². The van der Waals surface area contributed by atoms with E-state index in [-0.39, 0.29) is 87.4 Å². The second-order valence-electron chi connectivity index (χ2n) is 16.3. The monoisotopic (exact) mass is 904 g/mol. The maximum absolute atomic E-state index is 13.8. The lowest BCUT2D eigenvalue weighted by Gasteiger charge is -2.19. The lowest BCUT2D eigenvalue weighted by Crippen LogP contribution is -2.40. The van der Waals surface area contributed by atoms with E-state index in [2.05, 4.69) is 31.2 Å². The van der Waals surface area contributed by atoms with Gasteiger partial charge in [-0.25, -0.2) is 0 Å².